The standard InChI is InChI=1S/C15H13F4N/c1-10-6-7-12(15(17,18)19)8-14(10)20-9-11-4-2-3-5-13(11)16/h2-8,20H,9H2,1H3. The van der Waals surface area contributed by atoms with Crippen molar-refractivity contribution in [3.05, 3.63) is 65.0 Å². The molecule has 0 aliphatic carbocycles. The van der Waals surface area contributed by atoms with Gasteiger partial charge in [-0.25, -0.2) is 4.39 Å². The molecule has 2 rings (SSSR count). The van der Waals surface area contributed by atoms with Gasteiger partial charge in [-0.2, -0.15) is 13.2 Å². The molecule has 2 aromatic carbocycles. The van der Waals surface area contributed by atoms with Crippen LogP contribution >= 0.6 is 0 Å². The minimum Gasteiger partial charge on any atom is -0.381 e. The first-order valence-corrected chi connectivity index (χ1v) is 6.03. The molecule has 0 atom stereocenters. The summed E-state index contributed by atoms with van der Waals surface area (Å²) < 4.78 is 51.4. The third-order valence-corrected chi connectivity index (χ3v) is 2.99. The van der Waals surface area contributed by atoms with Crippen LogP contribution in [0.5, 0.6) is 0 Å². The molecule has 0 saturated heterocycles. The van der Waals surface area contributed by atoms with E-state index in [9.17, 15) is 17.6 Å². The van der Waals surface area contributed by atoms with Gasteiger partial charge in [0.1, 0.15) is 5.82 Å². The summed E-state index contributed by atoms with van der Waals surface area (Å²) in [6.45, 7) is 1.83. The third kappa shape index (κ3) is 3.29. The van der Waals surface area contributed by atoms with Gasteiger partial charge in [0, 0.05) is 17.8 Å². The quantitative estimate of drug-likeness (QED) is 0.800. The van der Waals surface area contributed by atoms with E-state index < -0.39 is 11.7 Å². The molecule has 0 aromatic heterocycles. The van der Waals surface area contributed by atoms with E-state index in [4.69, 9.17) is 0 Å². The van der Waals surface area contributed by atoms with Gasteiger partial charge in [0.05, 0.1) is 5.56 Å². The second-order valence-corrected chi connectivity index (χ2v) is 4.47. The van der Waals surface area contributed by atoms with Crippen LogP contribution in [0.1, 0.15) is 16.7 Å². The van der Waals surface area contributed by atoms with Crippen molar-refractivity contribution in [3.8, 4) is 0 Å². The molecule has 0 saturated carbocycles. The Kier molecular flexibility index (Phi) is 3.97. The largest absolute Gasteiger partial charge is 0.416 e. The van der Waals surface area contributed by atoms with Gasteiger partial charge >= 0.3 is 6.18 Å². The van der Waals surface area contributed by atoms with Crippen LogP contribution in [-0.4, -0.2) is 0 Å². The maximum Gasteiger partial charge on any atom is 0.416 e. The lowest BCUT2D eigenvalue weighted by Gasteiger charge is -2.13. The van der Waals surface area contributed by atoms with Crippen molar-refractivity contribution in [2.75, 3.05) is 5.32 Å². The van der Waals surface area contributed by atoms with Gasteiger partial charge < -0.3 is 5.32 Å². The lowest BCUT2D eigenvalue weighted by Crippen LogP contribution is -2.08. The summed E-state index contributed by atoms with van der Waals surface area (Å²) in [5, 5.41) is 2.84. The first-order valence-electron chi connectivity index (χ1n) is 6.03. The van der Waals surface area contributed by atoms with E-state index in [-0.39, 0.29) is 12.4 Å². The van der Waals surface area contributed by atoms with E-state index >= 15 is 0 Å². The summed E-state index contributed by atoms with van der Waals surface area (Å²) in [5.74, 6) is -0.385. The Labute approximate surface area is 114 Å². The Hall–Kier alpha value is -2.04. The van der Waals surface area contributed by atoms with Crippen LogP contribution in [0.2, 0.25) is 0 Å². The smallest absolute Gasteiger partial charge is 0.381 e. The number of hydrogen-bond donors (Lipinski definition) is 1. The number of halogens is 4. The zero-order chi connectivity index (χ0) is 14.8. The Morgan fingerprint density at radius 1 is 1.05 bits per heavy atom. The monoisotopic (exact) mass is 283 g/mol. The summed E-state index contributed by atoms with van der Waals surface area (Å²) in [5.41, 5.74) is 0.709. The van der Waals surface area contributed by atoms with Gasteiger partial charge in [-0.1, -0.05) is 24.3 Å². The van der Waals surface area contributed by atoms with Crippen LogP contribution in [-0.2, 0) is 12.7 Å². The molecule has 5 heteroatoms. The number of alkyl halides is 3. The first kappa shape index (κ1) is 14.4. The van der Waals surface area contributed by atoms with E-state index in [1.54, 1.807) is 25.1 Å². The Balaban J connectivity index is 2.19. The van der Waals surface area contributed by atoms with Crippen LogP contribution in [0.25, 0.3) is 0 Å². The maximum atomic E-state index is 13.4. The SMILES string of the molecule is Cc1ccc(C(F)(F)F)cc1NCc1ccccc1F. The summed E-state index contributed by atoms with van der Waals surface area (Å²) in [4.78, 5) is 0. The molecular formula is C15H13F4N. The van der Waals surface area contributed by atoms with Gasteiger partial charge in [-0.05, 0) is 30.7 Å². The van der Waals surface area contributed by atoms with Crippen LogP contribution in [0.3, 0.4) is 0 Å². The van der Waals surface area contributed by atoms with Crippen molar-refractivity contribution in [3.63, 3.8) is 0 Å². The maximum absolute atomic E-state index is 13.4. The molecule has 0 amide bonds. The van der Waals surface area contributed by atoms with Crippen molar-refractivity contribution >= 4 is 5.69 Å². The zero-order valence-electron chi connectivity index (χ0n) is 10.8. The van der Waals surface area contributed by atoms with Crippen LogP contribution in [0.4, 0.5) is 23.2 Å². The molecule has 1 nitrogen and oxygen atoms in total. The molecule has 0 fully saturated rings. The lowest BCUT2D eigenvalue weighted by molar-refractivity contribution is -0.137. The second-order valence-electron chi connectivity index (χ2n) is 4.47. The topological polar surface area (TPSA) is 12.0 Å². The molecule has 0 aliphatic heterocycles. The number of benzene rings is 2. The second kappa shape index (κ2) is 5.53. The number of aryl methyl sites for hydroxylation is 1. The Morgan fingerprint density at radius 3 is 2.40 bits per heavy atom. The third-order valence-electron chi connectivity index (χ3n) is 2.99. The van der Waals surface area contributed by atoms with E-state index in [0.717, 1.165) is 12.1 Å². The summed E-state index contributed by atoms with van der Waals surface area (Å²) >= 11 is 0. The number of rotatable bonds is 3. The molecule has 20 heavy (non-hydrogen) atoms. The van der Waals surface area contributed by atoms with Crippen molar-refractivity contribution in [2.24, 2.45) is 0 Å². The van der Waals surface area contributed by atoms with Crippen molar-refractivity contribution in [1.29, 1.82) is 0 Å². The van der Waals surface area contributed by atoms with Crippen molar-refractivity contribution < 1.29 is 17.6 Å². The fraction of sp³-hybridized carbons (Fsp3) is 0.200. The first-order chi connectivity index (χ1) is 9.38. The van der Waals surface area contributed by atoms with E-state index in [1.807, 2.05) is 0 Å². The number of anilines is 1. The average molecular weight is 283 g/mol. The van der Waals surface area contributed by atoms with Gasteiger partial charge in [-0.3, -0.25) is 0 Å². The molecule has 0 radical (unpaired) electrons. The Bertz CT molecular complexity index is 605. The minimum atomic E-state index is -4.39. The fourth-order valence-electron chi connectivity index (χ4n) is 1.82. The van der Waals surface area contributed by atoms with E-state index in [0.29, 0.717) is 16.8 Å². The van der Waals surface area contributed by atoms with Crippen molar-refractivity contribution in [1.82, 2.24) is 0 Å². The van der Waals surface area contributed by atoms with Gasteiger partial charge in [0.15, 0.2) is 0 Å². The summed E-state index contributed by atoms with van der Waals surface area (Å²) in [7, 11) is 0. The lowest BCUT2D eigenvalue weighted by atomic mass is 10.1. The normalized spacial score (nSPS) is 11.4. The van der Waals surface area contributed by atoms with Crippen LogP contribution in [0, 0.1) is 12.7 Å². The van der Waals surface area contributed by atoms with Gasteiger partial charge in [0.25, 0.3) is 0 Å². The highest BCUT2D eigenvalue weighted by Gasteiger charge is 2.30. The molecule has 2 aromatic rings. The van der Waals surface area contributed by atoms with Gasteiger partial charge in [-0.15, -0.1) is 0 Å². The molecule has 1 N–H and O–H groups in total. The van der Waals surface area contributed by atoms with Crippen LogP contribution < -0.4 is 5.32 Å². The van der Waals surface area contributed by atoms with Gasteiger partial charge in [0.2, 0.25) is 0 Å². The predicted molar refractivity (Wildman–Crippen MR) is 69.9 cm³/mol. The molecule has 0 heterocycles. The summed E-state index contributed by atoms with van der Waals surface area (Å²) in [6, 6.07) is 9.61. The van der Waals surface area contributed by atoms with E-state index in [2.05, 4.69) is 5.32 Å². The van der Waals surface area contributed by atoms with Crippen LogP contribution in [0.15, 0.2) is 42.5 Å². The number of hydrogen-bond acceptors (Lipinski definition) is 1. The molecule has 0 unspecified atom stereocenters. The molecule has 0 spiro atoms. The molecule has 106 valence electrons. The molecule has 0 bridgehead atoms. The highest BCUT2D eigenvalue weighted by atomic mass is 19.4. The van der Waals surface area contributed by atoms with Crippen molar-refractivity contribution in [2.45, 2.75) is 19.6 Å². The van der Waals surface area contributed by atoms with E-state index in [1.165, 1.54) is 12.1 Å². The predicted octanol–water partition coefficient (Wildman–Crippen LogP) is 4.77. The highest BCUT2D eigenvalue weighted by molar-refractivity contribution is 5.53. The minimum absolute atomic E-state index is 0.134. The highest BCUT2D eigenvalue weighted by Crippen LogP contribution is 2.32. The molecule has 0 aliphatic rings. The average Bonchev–Trinajstić information content (AvgIpc) is 2.38. The number of nitrogens with one attached hydrogen (secondary N) is 1. The zero-order valence-corrected chi connectivity index (χ0v) is 10.8. The summed E-state index contributed by atoms with van der Waals surface area (Å²) in [6.07, 6.45) is -4.39. The molecular weight excluding hydrogens is 270 g/mol. The fourth-order valence-corrected chi connectivity index (χ4v) is 1.82. The Morgan fingerprint density at radius 2 is 1.75 bits per heavy atom.